The third-order valence-electron chi connectivity index (χ3n) is 4.52. The molecule has 0 saturated carbocycles. The molecule has 2 saturated heterocycles. The lowest BCUT2D eigenvalue weighted by molar-refractivity contribution is -0.197. The van der Waals surface area contributed by atoms with Gasteiger partial charge in [0.05, 0.1) is 19.1 Å². The topological polar surface area (TPSA) is 59.1 Å². The normalized spacial score (nSPS) is 20.2. The summed E-state index contributed by atoms with van der Waals surface area (Å²) in [7, 11) is 3.04. The predicted octanol–water partition coefficient (Wildman–Crippen LogP) is 1.60. The highest BCUT2D eigenvalue weighted by atomic mass is 19.1. The molecule has 23 heavy (non-hydrogen) atoms. The van der Waals surface area contributed by atoms with Crippen LogP contribution in [-0.4, -0.2) is 54.6 Å². The zero-order valence-electron chi connectivity index (χ0n) is 13.2. The molecule has 7 heteroatoms. The lowest BCUT2D eigenvalue weighted by Gasteiger charge is -2.37. The summed E-state index contributed by atoms with van der Waals surface area (Å²) in [5.74, 6) is -0.622. The number of likely N-dealkylation sites (tertiary alicyclic amines) is 1. The zero-order chi connectivity index (χ0) is 16.6. The summed E-state index contributed by atoms with van der Waals surface area (Å²) in [6.07, 6.45) is 1.46. The van der Waals surface area contributed by atoms with Gasteiger partial charge in [-0.05, 0) is 25.0 Å². The zero-order valence-corrected chi connectivity index (χ0v) is 13.2. The standard InChI is InChI=1S/C16H19FN2O4/c1-18-14(20)10-16(23-18)5-7-19(8-6-16)15(21)12-4-3-11(22-2)9-13(12)17/h3-4,9H,5-8,10H2,1-2H3. The van der Waals surface area contributed by atoms with Gasteiger partial charge in [-0.25, -0.2) is 9.45 Å². The van der Waals surface area contributed by atoms with Crippen LogP contribution in [0.2, 0.25) is 0 Å². The SMILES string of the molecule is COc1ccc(C(=O)N2CCC3(CC2)CC(=O)N(C)O3)c(F)c1. The predicted molar refractivity (Wildman–Crippen MR) is 79.3 cm³/mol. The van der Waals surface area contributed by atoms with Gasteiger partial charge in [0.2, 0.25) is 5.91 Å². The van der Waals surface area contributed by atoms with E-state index in [0.29, 0.717) is 38.1 Å². The van der Waals surface area contributed by atoms with Gasteiger partial charge in [0.1, 0.15) is 17.2 Å². The van der Waals surface area contributed by atoms with E-state index in [1.807, 2.05) is 0 Å². The molecule has 2 aliphatic rings. The highest BCUT2D eigenvalue weighted by Gasteiger charge is 2.46. The first-order chi connectivity index (χ1) is 10.9. The minimum absolute atomic E-state index is 0.0299. The first-order valence-electron chi connectivity index (χ1n) is 7.53. The average molecular weight is 322 g/mol. The fourth-order valence-corrected chi connectivity index (χ4v) is 3.11. The quantitative estimate of drug-likeness (QED) is 0.830. The van der Waals surface area contributed by atoms with Crippen LogP contribution in [0.5, 0.6) is 5.75 Å². The van der Waals surface area contributed by atoms with Crippen LogP contribution >= 0.6 is 0 Å². The molecule has 0 atom stereocenters. The Kier molecular flexibility index (Phi) is 3.97. The number of nitrogens with zero attached hydrogens (tertiary/aromatic N) is 2. The molecule has 2 aliphatic heterocycles. The van der Waals surface area contributed by atoms with Crippen molar-refractivity contribution >= 4 is 11.8 Å². The van der Waals surface area contributed by atoms with Crippen molar-refractivity contribution in [1.82, 2.24) is 9.96 Å². The summed E-state index contributed by atoms with van der Waals surface area (Å²) in [5, 5.41) is 1.26. The molecule has 1 aromatic rings. The molecule has 0 N–H and O–H groups in total. The van der Waals surface area contributed by atoms with Crippen LogP contribution in [0.25, 0.3) is 0 Å². The molecule has 0 radical (unpaired) electrons. The van der Waals surface area contributed by atoms with Crippen LogP contribution in [0.3, 0.4) is 0 Å². The van der Waals surface area contributed by atoms with Gasteiger partial charge < -0.3 is 9.64 Å². The van der Waals surface area contributed by atoms with Crippen LogP contribution in [0.4, 0.5) is 4.39 Å². The second-order valence-electron chi connectivity index (χ2n) is 5.98. The van der Waals surface area contributed by atoms with Crippen molar-refractivity contribution in [2.45, 2.75) is 24.9 Å². The maximum absolute atomic E-state index is 14.0. The smallest absolute Gasteiger partial charge is 0.256 e. The first kappa shape index (κ1) is 15.7. The summed E-state index contributed by atoms with van der Waals surface area (Å²) in [4.78, 5) is 31.4. The number of benzene rings is 1. The van der Waals surface area contributed by atoms with Crippen molar-refractivity contribution in [3.63, 3.8) is 0 Å². The third kappa shape index (κ3) is 2.88. The van der Waals surface area contributed by atoms with Crippen LogP contribution in [0, 0.1) is 5.82 Å². The van der Waals surface area contributed by atoms with E-state index in [1.54, 1.807) is 18.0 Å². The van der Waals surface area contributed by atoms with Crippen molar-refractivity contribution in [3.8, 4) is 5.75 Å². The molecule has 0 aromatic heterocycles. The summed E-state index contributed by atoms with van der Waals surface area (Å²) in [5.41, 5.74) is -0.483. The molecule has 1 spiro atoms. The number of methoxy groups -OCH3 is 1. The fourth-order valence-electron chi connectivity index (χ4n) is 3.11. The van der Waals surface area contributed by atoms with Crippen molar-refractivity contribution in [2.75, 3.05) is 27.2 Å². The molecule has 1 aromatic carbocycles. The van der Waals surface area contributed by atoms with E-state index in [4.69, 9.17) is 9.57 Å². The van der Waals surface area contributed by atoms with Gasteiger partial charge in [0, 0.05) is 26.2 Å². The Hall–Kier alpha value is -2.15. The third-order valence-corrected chi connectivity index (χ3v) is 4.52. The number of carbonyl (C=O) groups is 2. The van der Waals surface area contributed by atoms with E-state index in [2.05, 4.69) is 0 Å². The van der Waals surface area contributed by atoms with Crippen LogP contribution in [0.15, 0.2) is 18.2 Å². The first-order valence-corrected chi connectivity index (χ1v) is 7.53. The van der Waals surface area contributed by atoms with E-state index in [-0.39, 0.29) is 17.4 Å². The molecular weight excluding hydrogens is 303 g/mol. The number of hydroxylamine groups is 2. The number of carbonyl (C=O) groups excluding carboxylic acids is 2. The Morgan fingerprint density at radius 3 is 2.57 bits per heavy atom. The molecule has 3 rings (SSSR count). The van der Waals surface area contributed by atoms with Crippen LogP contribution in [0.1, 0.15) is 29.6 Å². The number of ether oxygens (including phenoxy) is 1. The number of amides is 2. The van der Waals surface area contributed by atoms with E-state index in [9.17, 15) is 14.0 Å². The monoisotopic (exact) mass is 322 g/mol. The van der Waals surface area contributed by atoms with Gasteiger partial charge in [0.25, 0.3) is 5.91 Å². The van der Waals surface area contributed by atoms with Gasteiger partial charge in [-0.2, -0.15) is 0 Å². The number of hydrogen-bond donors (Lipinski definition) is 0. The van der Waals surface area contributed by atoms with E-state index in [1.165, 1.54) is 24.3 Å². The molecule has 2 fully saturated rings. The lowest BCUT2D eigenvalue weighted by Crippen LogP contribution is -2.47. The Morgan fingerprint density at radius 1 is 1.35 bits per heavy atom. The lowest BCUT2D eigenvalue weighted by atomic mass is 9.88. The number of halogens is 1. The minimum Gasteiger partial charge on any atom is -0.497 e. The Bertz CT molecular complexity index is 641. The highest BCUT2D eigenvalue weighted by Crippen LogP contribution is 2.36. The summed E-state index contributed by atoms with van der Waals surface area (Å²) >= 11 is 0. The van der Waals surface area contributed by atoms with Crippen LogP contribution in [-0.2, 0) is 9.63 Å². The molecule has 6 nitrogen and oxygen atoms in total. The van der Waals surface area contributed by atoms with Gasteiger partial charge in [-0.1, -0.05) is 0 Å². The van der Waals surface area contributed by atoms with Gasteiger partial charge >= 0.3 is 0 Å². The van der Waals surface area contributed by atoms with Crippen molar-refractivity contribution < 1.29 is 23.6 Å². The van der Waals surface area contributed by atoms with Gasteiger partial charge in [-0.15, -0.1) is 0 Å². The fraction of sp³-hybridized carbons (Fsp3) is 0.500. The number of hydrogen-bond acceptors (Lipinski definition) is 4. The maximum atomic E-state index is 14.0. The van der Waals surface area contributed by atoms with Gasteiger partial charge in [-0.3, -0.25) is 14.4 Å². The molecule has 124 valence electrons. The molecule has 0 bridgehead atoms. The van der Waals surface area contributed by atoms with Crippen molar-refractivity contribution in [1.29, 1.82) is 0 Å². The second kappa shape index (κ2) is 5.81. The summed E-state index contributed by atoms with van der Waals surface area (Å²) in [6.45, 7) is 0.872. The average Bonchev–Trinajstić information content (AvgIpc) is 2.81. The molecular formula is C16H19FN2O4. The van der Waals surface area contributed by atoms with Crippen molar-refractivity contribution in [2.24, 2.45) is 0 Å². The van der Waals surface area contributed by atoms with Crippen LogP contribution < -0.4 is 4.74 Å². The Labute approximate surface area is 133 Å². The van der Waals surface area contributed by atoms with Gasteiger partial charge in [0.15, 0.2) is 0 Å². The number of piperidine rings is 1. The Balaban J connectivity index is 1.68. The molecule has 0 aliphatic carbocycles. The molecule has 2 amide bonds. The summed E-state index contributed by atoms with van der Waals surface area (Å²) < 4.78 is 19.0. The van der Waals surface area contributed by atoms with E-state index in [0.717, 1.165) is 0 Å². The highest BCUT2D eigenvalue weighted by molar-refractivity contribution is 5.94. The summed E-state index contributed by atoms with van der Waals surface area (Å²) in [6, 6.07) is 4.20. The molecule has 2 heterocycles. The second-order valence-corrected chi connectivity index (χ2v) is 5.98. The number of rotatable bonds is 2. The maximum Gasteiger partial charge on any atom is 0.256 e. The Morgan fingerprint density at radius 2 is 2.04 bits per heavy atom. The molecule has 0 unspecified atom stereocenters. The van der Waals surface area contributed by atoms with E-state index < -0.39 is 11.4 Å². The van der Waals surface area contributed by atoms with Crippen molar-refractivity contribution in [3.05, 3.63) is 29.6 Å². The minimum atomic E-state index is -0.596. The largest absolute Gasteiger partial charge is 0.497 e. The van der Waals surface area contributed by atoms with E-state index >= 15 is 0 Å².